The van der Waals surface area contributed by atoms with Gasteiger partial charge in [0.05, 0.1) is 19.5 Å². The van der Waals surface area contributed by atoms with E-state index in [9.17, 15) is 4.79 Å². The number of ether oxygens (including phenoxy) is 2. The largest absolute Gasteiger partial charge is 0.480 e. The molecule has 0 unspecified atom stereocenters. The molecule has 0 aromatic carbocycles. The summed E-state index contributed by atoms with van der Waals surface area (Å²) in [5.74, 6) is 1.95. The van der Waals surface area contributed by atoms with E-state index in [0.29, 0.717) is 18.2 Å². The lowest BCUT2D eigenvalue weighted by Gasteiger charge is -2.29. The molecule has 0 spiro atoms. The molecule has 2 saturated carbocycles. The Balaban J connectivity index is 1.34. The molecule has 0 atom stereocenters. The predicted molar refractivity (Wildman–Crippen MR) is 99.2 cm³/mol. The Labute approximate surface area is 156 Å². The molecular weight excluding hydrogens is 330 g/mol. The van der Waals surface area contributed by atoms with Crippen LogP contribution in [0.3, 0.4) is 0 Å². The van der Waals surface area contributed by atoms with Crippen molar-refractivity contribution in [1.82, 2.24) is 15.3 Å². The quantitative estimate of drug-likeness (QED) is 0.802. The van der Waals surface area contributed by atoms with E-state index in [1.54, 1.807) is 19.5 Å². The molecule has 2 aliphatic carbocycles. The standard InChI is InChI=1S/C20H31N3O3/c1-25-19-13-21-14-20(23-19)26-17-10-8-16(9-11-17)22-18(24)12-7-15-5-3-2-4-6-15/h13-17H,2-12H2,1H3,(H,22,24). The molecule has 2 aliphatic rings. The fraction of sp³-hybridized carbons (Fsp3) is 0.750. The molecular formula is C20H31N3O3. The lowest BCUT2D eigenvalue weighted by Crippen LogP contribution is -2.39. The Morgan fingerprint density at radius 3 is 2.54 bits per heavy atom. The third-order valence-electron chi connectivity index (χ3n) is 5.63. The van der Waals surface area contributed by atoms with E-state index in [1.807, 2.05) is 0 Å². The fourth-order valence-corrected chi connectivity index (χ4v) is 4.09. The number of hydrogen-bond donors (Lipinski definition) is 1. The monoisotopic (exact) mass is 361 g/mol. The minimum atomic E-state index is 0.131. The lowest BCUT2D eigenvalue weighted by atomic mass is 9.86. The van der Waals surface area contributed by atoms with Gasteiger partial charge in [-0.05, 0) is 38.0 Å². The van der Waals surface area contributed by atoms with Crippen LogP contribution in [-0.4, -0.2) is 35.1 Å². The van der Waals surface area contributed by atoms with Crippen molar-refractivity contribution >= 4 is 5.91 Å². The lowest BCUT2D eigenvalue weighted by molar-refractivity contribution is -0.122. The van der Waals surface area contributed by atoms with Gasteiger partial charge in [-0.3, -0.25) is 9.78 Å². The van der Waals surface area contributed by atoms with Crippen molar-refractivity contribution < 1.29 is 14.3 Å². The SMILES string of the molecule is COc1cncc(OC2CCC(NC(=O)CCC3CCCCC3)CC2)n1. The van der Waals surface area contributed by atoms with Crippen LogP contribution in [0.25, 0.3) is 0 Å². The molecule has 1 N–H and O–H groups in total. The number of carbonyl (C=O) groups excluding carboxylic acids is 1. The van der Waals surface area contributed by atoms with Crippen molar-refractivity contribution in [2.24, 2.45) is 5.92 Å². The van der Waals surface area contributed by atoms with Gasteiger partial charge in [0.2, 0.25) is 17.7 Å². The predicted octanol–water partition coefficient (Wildman–Crippen LogP) is 3.65. The average molecular weight is 361 g/mol. The van der Waals surface area contributed by atoms with Crippen LogP contribution in [0.4, 0.5) is 0 Å². The molecule has 144 valence electrons. The Morgan fingerprint density at radius 1 is 1.08 bits per heavy atom. The van der Waals surface area contributed by atoms with Crippen molar-refractivity contribution in [3.05, 3.63) is 12.4 Å². The first-order valence-electron chi connectivity index (χ1n) is 10.0. The molecule has 26 heavy (non-hydrogen) atoms. The molecule has 6 nitrogen and oxygen atoms in total. The number of methoxy groups -OCH3 is 1. The van der Waals surface area contributed by atoms with Crippen LogP contribution < -0.4 is 14.8 Å². The number of hydrogen-bond acceptors (Lipinski definition) is 5. The van der Waals surface area contributed by atoms with E-state index in [2.05, 4.69) is 15.3 Å². The van der Waals surface area contributed by atoms with Gasteiger partial charge in [0, 0.05) is 12.5 Å². The first-order valence-corrected chi connectivity index (χ1v) is 10.0. The van der Waals surface area contributed by atoms with Crippen LogP contribution in [0.5, 0.6) is 11.8 Å². The van der Waals surface area contributed by atoms with Crippen molar-refractivity contribution in [3.63, 3.8) is 0 Å². The Kier molecular flexibility index (Phi) is 7.09. The van der Waals surface area contributed by atoms with E-state index in [1.165, 1.54) is 32.1 Å². The molecule has 3 rings (SSSR count). The van der Waals surface area contributed by atoms with E-state index in [-0.39, 0.29) is 18.1 Å². The zero-order chi connectivity index (χ0) is 18.2. The topological polar surface area (TPSA) is 73.3 Å². The zero-order valence-electron chi connectivity index (χ0n) is 15.8. The van der Waals surface area contributed by atoms with Gasteiger partial charge in [-0.25, -0.2) is 0 Å². The number of amides is 1. The van der Waals surface area contributed by atoms with Gasteiger partial charge >= 0.3 is 0 Å². The highest BCUT2D eigenvalue weighted by Crippen LogP contribution is 2.27. The maximum absolute atomic E-state index is 12.2. The molecule has 1 aromatic rings. The highest BCUT2D eigenvalue weighted by Gasteiger charge is 2.24. The Bertz CT molecular complexity index is 567. The molecule has 0 bridgehead atoms. The first-order chi connectivity index (χ1) is 12.7. The normalized spacial score (nSPS) is 24.0. The van der Waals surface area contributed by atoms with Crippen molar-refractivity contribution in [2.45, 2.75) is 82.8 Å². The molecule has 2 fully saturated rings. The minimum absolute atomic E-state index is 0.131. The van der Waals surface area contributed by atoms with Gasteiger partial charge in [0.15, 0.2) is 0 Å². The number of aromatic nitrogens is 2. The molecule has 0 saturated heterocycles. The Morgan fingerprint density at radius 2 is 1.81 bits per heavy atom. The van der Waals surface area contributed by atoms with E-state index in [0.717, 1.165) is 38.0 Å². The molecule has 1 amide bonds. The molecule has 1 heterocycles. The molecule has 0 radical (unpaired) electrons. The van der Waals surface area contributed by atoms with Crippen LogP contribution in [-0.2, 0) is 4.79 Å². The van der Waals surface area contributed by atoms with Crippen molar-refractivity contribution in [2.75, 3.05) is 7.11 Å². The fourth-order valence-electron chi connectivity index (χ4n) is 4.09. The van der Waals surface area contributed by atoms with Gasteiger partial charge in [-0.1, -0.05) is 32.1 Å². The van der Waals surface area contributed by atoms with Crippen LogP contribution in [0.2, 0.25) is 0 Å². The van der Waals surface area contributed by atoms with E-state index in [4.69, 9.17) is 9.47 Å². The van der Waals surface area contributed by atoms with Crippen LogP contribution in [0.15, 0.2) is 12.4 Å². The molecule has 6 heteroatoms. The van der Waals surface area contributed by atoms with Crippen LogP contribution >= 0.6 is 0 Å². The Hall–Kier alpha value is -1.85. The molecule has 1 aromatic heterocycles. The van der Waals surface area contributed by atoms with E-state index < -0.39 is 0 Å². The third kappa shape index (κ3) is 5.85. The van der Waals surface area contributed by atoms with Gasteiger partial charge in [0.1, 0.15) is 6.10 Å². The number of nitrogens with zero attached hydrogens (tertiary/aromatic N) is 2. The minimum Gasteiger partial charge on any atom is -0.480 e. The average Bonchev–Trinajstić information content (AvgIpc) is 2.69. The summed E-state index contributed by atoms with van der Waals surface area (Å²) >= 11 is 0. The highest BCUT2D eigenvalue weighted by atomic mass is 16.5. The number of carbonyl (C=O) groups is 1. The second kappa shape index (κ2) is 9.74. The van der Waals surface area contributed by atoms with Crippen LogP contribution in [0, 0.1) is 5.92 Å². The second-order valence-corrected chi connectivity index (χ2v) is 7.60. The summed E-state index contributed by atoms with van der Waals surface area (Å²) in [5, 5.41) is 3.22. The third-order valence-corrected chi connectivity index (χ3v) is 5.63. The summed E-state index contributed by atoms with van der Waals surface area (Å²) < 4.78 is 11.0. The maximum atomic E-state index is 12.2. The summed E-state index contributed by atoms with van der Waals surface area (Å²) in [4.78, 5) is 20.5. The van der Waals surface area contributed by atoms with Gasteiger partial charge in [-0.15, -0.1) is 0 Å². The zero-order valence-corrected chi connectivity index (χ0v) is 15.8. The van der Waals surface area contributed by atoms with Gasteiger partial charge < -0.3 is 14.8 Å². The van der Waals surface area contributed by atoms with Gasteiger partial charge in [-0.2, -0.15) is 4.98 Å². The highest BCUT2D eigenvalue weighted by molar-refractivity contribution is 5.76. The number of rotatable bonds is 7. The first kappa shape index (κ1) is 18.9. The summed E-state index contributed by atoms with van der Waals surface area (Å²) in [6.45, 7) is 0. The van der Waals surface area contributed by atoms with Crippen molar-refractivity contribution in [3.8, 4) is 11.8 Å². The van der Waals surface area contributed by atoms with Crippen molar-refractivity contribution in [1.29, 1.82) is 0 Å². The van der Waals surface area contributed by atoms with Crippen LogP contribution in [0.1, 0.15) is 70.6 Å². The summed E-state index contributed by atoms with van der Waals surface area (Å²) in [6.07, 6.45) is 15.5. The summed E-state index contributed by atoms with van der Waals surface area (Å²) in [7, 11) is 1.57. The van der Waals surface area contributed by atoms with E-state index >= 15 is 0 Å². The second-order valence-electron chi connectivity index (χ2n) is 7.60. The summed E-state index contributed by atoms with van der Waals surface area (Å²) in [6, 6.07) is 0.282. The maximum Gasteiger partial charge on any atom is 0.235 e. The number of nitrogens with one attached hydrogen (secondary N) is 1. The summed E-state index contributed by atoms with van der Waals surface area (Å²) in [5.41, 5.74) is 0. The van der Waals surface area contributed by atoms with Gasteiger partial charge in [0.25, 0.3) is 0 Å². The smallest absolute Gasteiger partial charge is 0.235 e. The molecule has 0 aliphatic heterocycles.